The summed E-state index contributed by atoms with van der Waals surface area (Å²) in [7, 11) is 0. The minimum atomic E-state index is -0.102. The molecule has 0 atom stereocenters. The molecule has 0 spiro atoms. The molecule has 4 nitrogen and oxygen atoms in total. The van der Waals surface area contributed by atoms with Crippen molar-refractivity contribution in [3.8, 4) is 5.69 Å². The predicted molar refractivity (Wildman–Crippen MR) is 80.7 cm³/mol. The van der Waals surface area contributed by atoms with E-state index in [0.29, 0.717) is 11.3 Å². The van der Waals surface area contributed by atoms with Crippen LogP contribution in [0.3, 0.4) is 0 Å². The molecule has 0 fully saturated rings. The van der Waals surface area contributed by atoms with Crippen LogP contribution >= 0.6 is 0 Å². The summed E-state index contributed by atoms with van der Waals surface area (Å²) < 4.78 is 0. The number of carbonyl (C=O) groups is 1. The molecule has 2 aromatic carbocycles. The Bertz CT molecular complexity index is 791. The molecule has 0 unspecified atom stereocenters. The lowest BCUT2D eigenvalue weighted by Gasteiger charge is -2.03. The number of hydrogen-bond donors (Lipinski definition) is 0. The molecule has 21 heavy (non-hydrogen) atoms. The number of benzene rings is 2. The van der Waals surface area contributed by atoms with E-state index in [4.69, 9.17) is 0 Å². The lowest BCUT2D eigenvalue weighted by molar-refractivity contribution is 0.103. The summed E-state index contributed by atoms with van der Waals surface area (Å²) in [5, 5.41) is 8.44. The average molecular weight is 277 g/mol. The van der Waals surface area contributed by atoms with Gasteiger partial charge in [-0.05, 0) is 31.5 Å². The van der Waals surface area contributed by atoms with Gasteiger partial charge in [-0.2, -0.15) is 9.90 Å². The van der Waals surface area contributed by atoms with Crippen molar-refractivity contribution in [2.24, 2.45) is 0 Å². The maximum absolute atomic E-state index is 12.5. The summed E-state index contributed by atoms with van der Waals surface area (Å²) >= 11 is 0. The first kappa shape index (κ1) is 13.2. The summed E-state index contributed by atoms with van der Waals surface area (Å²) in [6.45, 7) is 3.94. The van der Waals surface area contributed by atoms with Gasteiger partial charge < -0.3 is 0 Å². The molecule has 0 N–H and O–H groups in total. The molecule has 3 aromatic rings. The molecule has 0 aliphatic heterocycles. The Morgan fingerprint density at radius 3 is 2.52 bits per heavy atom. The molecule has 0 amide bonds. The van der Waals surface area contributed by atoms with E-state index >= 15 is 0 Å². The standard InChI is InChI=1S/C17H15N3O/c1-12-8-9-15(13(2)10-12)17(21)16-11-18-20(19-16)14-6-4-3-5-7-14/h3-11H,1-2H3. The number of ketones is 1. The van der Waals surface area contributed by atoms with E-state index in [0.717, 1.165) is 16.8 Å². The third kappa shape index (κ3) is 2.60. The lowest BCUT2D eigenvalue weighted by atomic mass is 10.0. The van der Waals surface area contributed by atoms with E-state index in [1.807, 2.05) is 62.4 Å². The van der Waals surface area contributed by atoms with Gasteiger partial charge in [0.2, 0.25) is 5.78 Å². The first-order chi connectivity index (χ1) is 10.1. The van der Waals surface area contributed by atoms with Crippen LogP contribution in [-0.4, -0.2) is 20.8 Å². The van der Waals surface area contributed by atoms with Crippen LogP contribution in [0.1, 0.15) is 27.2 Å². The second-order valence-electron chi connectivity index (χ2n) is 5.00. The van der Waals surface area contributed by atoms with Crippen molar-refractivity contribution < 1.29 is 4.79 Å². The zero-order valence-electron chi connectivity index (χ0n) is 11.9. The van der Waals surface area contributed by atoms with Gasteiger partial charge in [0.15, 0.2) is 5.69 Å². The van der Waals surface area contributed by atoms with Gasteiger partial charge in [0.1, 0.15) is 0 Å². The van der Waals surface area contributed by atoms with Gasteiger partial charge >= 0.3 is 0 Å². The van der Waals surface area contributed by atoms with E-state index in [-0.39, 0.29) is 5.78 Å². The van der Waals surface area contributed by atoms with Crippen LogP contribution < -0.4 is 0 Å². The number of para-hydroxylation sites is 1. The van der Waals surface area contributed by atoms with Crippen molar-refractivity contribution >= 4 is 5.78 Å². The summed E-state index contributed by atoms with van der Waals surface area (Å²) in [6, 6.07) is 15.3. The molecule has 0 saturated carbocycles. The van der Waals surface area contributed by atoms with E-state index in [9.17, 15) is 4.79 Å². The molecule has 0 saturated heterocycles. The van der Waals surface area contributed by atoms with Crippen molar-refractivity contribution in [1.29, 1.82) is 0 Å². The largest absolute Gasteiger partial charge is 0.287 e. The highest BCUT2D eigenvalue weighted by atomic mass is 16.1. The van der Waals surface area contributed by atoms with E-state index in [1.165, 1.54) is 11.0 Å². The number of nitrogens with zero attached hydrogens (tertiary/aromatic N) is 3. The van der Waals surface area contributed by atoms with Gasteiger partial charge in [0.25, 0.3) is 0 Å². The fraction of sp³-hybridized carbons (Fsp3) is 0.118. The summed E-state index contributed by atoms with van der Waals surface area (Å²) in [4.78, 5) is 14.0. The SMILES string of the molecule is Cc1ccc(C(=O)c2cnn(-c3ccccc3)n2)c(C)c1. The topological polar surface area (TPSA) is 47.8 Å². The smallest absolute Gasteiger partial charge is 0.215 e. The van der Waals surface area contributed by atoms with Crippen LogP contribution in [0.15, 0.2) is 54.7 Å². The summed E-state index contributed by atoms with van der Waals surface area (Å²) in [6.07, 6.45) is 1.51. The first-order valence-electron chi connectivity index (χ1n) is 6.75. The molecule has 1 heterocycles. The van der Waals surface area contributed by atoms with E-state index < -0.39 is 0 Å². The highest BCUT2D eigenvalue weighted by molar-refractivity contribution is 6.08. The van der Waals surface area contributed by atoms with Crippen molar-refractivity contribution in [2.45, 2.75) is 13.8 Å². The third-order valence-corrected chi connectivity index (χ3v) is 3.34. The van der Waals surface area contributed by atoms with Crippen LogP contribution in [-0.2, 0) is 0 Å². The van der Waals surface area contributed by atoms with Crippen LogP contribution in [0, 0.1) is 13.8 Å². The van der Waals surface area contributed by atoms with Gasteiger partial charge in [-0.15, -0.1) is 5.10 Å². The zero-order valence-corrected chi connectivity index (χ0v) is 11.9. The molecule has 0 aliphatic rings. The second kappa shape index (κ2) is 5.32. The quantitative estimate of drug-likeness (QED) is 0.691. The van der Waals surface area contributed by atoms with Crippen molar-refractivity contribution in [3.63, 3.8) is 0 Å². The first-order valence-corrected chi connectivity index (χ1v) is 6.75. The number of aromatic nitrogens is 3. The van der Waals surface area contributed by atoms with E-state index in [2.05, 4.69) is 10.2 Å². The third-order valence-electron chi connectivity index (χ3n) is 3.34. The monoisotopic (exact) mass is 277 g/mol. The number of hydrogen-bond acceptors (Lipinski definition) is 3. The van der Waals surface area contributed by atoms with Crippen molar-refractivity contribution in [1.82, 2.24) is 15.0 Å². The number of aryl methyl sites for hydroxylation is 2. The maximum atomic E-state index is 12.5. The summed E-state index contributed by atoms with van der Waals surface area (Å²) in [5.74, 6) is -0.102. The van der Waals surface area contributed by atoms with Crippen molar-refractivity contribution in [3.05, 3.63) is 77.1 Å². The Labute approximate surface area is 123 Å². The Kier molecular flexibility index (Phi) is 3.36. The Morgan fingerprint density at radius 1 is 1.05 bits per heavy atom. The molecule has 4 heteroatoms. The van der Waals surface area contributed by atoms with Gasteiger partial charge in [-0.3, -0.25) is 4.79 Å². The fourth-order valence-electron chi connectivity index (χ4n) is 2.26. The summed E-state index contributed by atoms with van der Waals surface area (Å²) in [5.41, 5.74) is 3.94. The molecular weight excluding hydrogens is 262 g/mol. The Balaban J connectivity index is 1.94. The molecule has 0 aliphatic carbocycles. The maximum Gasteiger partial charge on any atom is 0.215 e. The van der Waals surface area contributed by atoms with Gasteiger partial charge in [0.05, 0.1) is 11.9 Å². The fourth-order valence-corrected chi connectivity index (χ4v) is 2.26. The molecule has 0 bridgehead atoms. The minimum absolute atomic E-state index is 0.102. The van der Waals surface area contributed by atoms with Crippen LogP contribution in [0.2, 0.25) is 0 Å². The molecular formula is C17H15N3O. The normalized spacial score (nSPS) is 10.6. The van der Waals surface area contributed by atoms with Crippen LogP contribution in [0.4, 0.5) is 0 Å². The molecule has 3 rings (SSSR count). The van der Waals surface area contributed by atoms with Crippen molar-refractivity contribution in [2.75, 3.05) is 0 Å². The average Bonchev–Trinajstić information content (AvgIpc) is 2.97. The minimum Gasteiger partial charge on any atom is -0.287 e. The molecule has 1 aromatic heterocycles. The molecule has 0 radical (unpaired) electrons. The van der Waals surface area contributed by atoms with E-state index in [1.54, 1.807) is 0 Å². The van der Waals surface area contributed by atoms with Crippen LogP contribution in [0.25, 0.3) is 5.69 Å². The number of carbonyl (C=O) groups excluding carboxylic acids is 1. The Hall–Kier alpha value is -2.75. The predicted octanol–water partition coefficient (Wildman–Crippen LogP) is 3.12. The van der Waals surface area contributed by atoms with Gasteiger partial charge in [-0.1, -0.05) is 42.0 Å². The van der Waals surface area contributed by atoms with Gasteiger partial charge in [-0.25, -0.2) is 0 Å². The second-order valence-corrected chi connectivity index (χ2v) is 5.00. The number of rotatable bonds is 3. The Morgan fingerprint density at radius 2 is 1.81 bits per heavy atom. The zero-order chi connectivity index (χ0) is 14.8. The van der Waals surface area contributed by atoms with Gasteiger partial charge in [0, 0.05) is 5.56 Å². The highest BCUT2D eigenvalue weighted by Crippen LogP contribution is 2.15. The molecule has 104 valence electrons. The lowest BCUT2D eigenvalue weighted by Crippen LogP contribution is -2.06. The highest BCUT2D eigenvalue weighted by Gasteiger charge is 2.15. The van der Waals surface area contributed by atoms with Crippen LogP contribution in [0.5, 0.6) is 0 Å².